The van der Waals surface area contributed by atoms with Crippen molar-refractivity contribution >= 4 is 0 Å². The third-order valence-corrected chi connectivity index (χ3v) is 3.28. The molecular weight excluding hydrogens is 198 g/mol. The van der Waals surface area contributed by atoms with Gasteiger partial charge in [0.05, 0.1) is 0 Å². The van der Waals surface area contributed by atoms with E-state index >= 15 is 0 Å². The van der Waals surface area contributed by atoms with Crippen molar-refractivity contribution in [2.75, 3.05) is 19.6 Å². The Morgan fingerprint density at radius 3 is 3.25 bits per heavy atom. The van der Waals surface area contributed by atoms with Gasteiger partial charge in [-0.25, -0.2) is 0 Å². The van der Waals surface area contributed by atoms with Crippen molar-refractivity contribution in [2.24, 2.45) is 5.92 Å². The summed E-state index contributed by atoms with van der Waals surface area (Å²) in [6.45, 7) is 6.56. The predicted octanol–water partition coefficient (Wildman–Crippen LogP) is 1.48. The molecule has 16 heavy (non-hydrogen) atoms. The topological polar surface area (TPSA) is 37.0 Å². The molecule has 0 saturated carbocycles. The van der Waals surface area contributed by atoms with Crippen LogP contribution in [0.2, 0.25) is 0 Å². The fraction of sp³-hybridized carbons (Fsp3) is 0.615. The van der Waals surface area contributed by atoms with E-state index in [-0.39, 0.29) is 0 Å². The average Bonchev–Trinajstić information content (AvgIpc) is 2.33. The van der Waals surface area contributed by atoms with Gasteiger partial charge in [-0.05, 0) is 62.5 Å². The summed E-state index contributed by atoms with van der Waals surface area (Å²) in [5, 5.41) is 6.99. The van der Waals surface area contributed by atoms with E-state index < -0.39 is 0 Å². The number of aryl methyl sites for hydroxylation is 1. The fourth-order valence-electron chi connectivity index (χ4n) is 2.21. The maximum Gasteiger partial charge on any atom is 0.0300 e. The molecule has 0 radical (unpaired) electrons. The Morgan fingerprint density at radius 1 is 1.56 bits per heavy atom. The minimum Gasteiger partial charge on any atom is -0.316 e. The summed E-state index contributed by atoms with van der Waals surface area (Å²) in [5.41, 5.74) is 2.63. The van der Waals surface area contributed by atoms with E-state index in [9.17, 15) is 0 Å². The maximum atomic E-state index is 4.11. The zero-order valence-electron chi connectivity index (χ0n) is 10.00. The minimum absolute atomic E-state index is 0.802. The van der Waals surface area contributed by atoms with E-state index in [4.69, 9.17) is 0 Å². The number of nitrogens with one attached hydrogen (secondary N) is 2. The van der Waals surface area contributed by atoms with E-state index in [0.29, 0.717) is 0 Å². The van der Waals surface area contributed by atoms with Gasteiger partial charge in [0, 0.05) is 18.9 Å². The molecule has 0 amide bonds. The number of hydrogen-bond acceptors (Lipinski definition) is 3. The summed E-state index contributed by atoms with van der Waals surface area (Å²) in [7, 11) is 0. The summed E-state index contributed by atoms with van der Waals surface area (Å²) < 4.78 is 0. The first-order valence-corrected chi connectivity index (χ1v) is 6.17. The smallest absolute Gasteiger partial charge is 0.0300 e. The van der Waals surface area contributed by atoms with Crippen LogP contribution < -0.4 is 10.6 Å². The van der Waals surface area contributed by atoms with Crippen molar-refractivity contribution in [1.29, 1.82) is 0 Å². The highest BCUT2D eigenvalue weighted by Gasteiger charge is 2.11. The lowest BCUT2D eigenvalue weighted by Crippen LogP contribution is -2.35. The maximum absolute atomic E-state index is 4.11. The van der Waals surface area contributed by atoms with Gasteiger partial charge in [0.15, 0.2) is 0 Å². The van der Waals surface area contributed by atoms with Crippen LogP contribution in [0, 0.1) is 12.8 Å². The average molecular weight is 219 g/mol. The number of aromatic nitrogens is 1. The second-order valence-corrected chi connectivity index (χ2v) is 4.65. The van der Waals surface area contributed by atoms with Crippen LogP contribution in [0.5, 0.6) is 0 Å². The van der Waals surface area contributed by atoms with Crippen LogP contribution in [0.15, 0.2) is 18.5 Å². The molecule has 3 heteroatoms. The first-order valence-electron chi connectivity index (χ1n) is 6.17. The van der Waals surface area contributed by atoms with Crippen LogP contribution in [0.25, 0.3) is 0 Å². The first kappa shape index (κ1) is 11.6. The summed E-state index contributed by atoms with van der Waals surface area (Å²) in [5.74, 6) is 0.802. The van der Waals surface area contributed by atoms with Crippen LogP contribution in [0.1, 0.15) is 24.0 Å². The van der Waals surface area contributed by atoms with Crippen molar-refractivity contribution in [3.8, 4) is 0 Å². The normalized spacial score (nSPS) is 20.9. The Balaban J connectivity index is 1.73. The fourth-order valence-corrected chi connectivity index (χ4v) is 2.21. The van der Waals surface area contributed by atoms with Gasteiger partial charge in [0.25, 0.3) is 0 Å². The van der Waals surface area contributed by atoms with Crippen molar-refractivity contribution < 1.29 is 0 Å². The number of rotatable bonds is 4. The van der Waals surface area contributed by atoms with Gasteiger partial charge in [-0.2, -0.15) is 0 Å². The monoisotopic (exact) mass is 219 g/mol. The number of piperidine rings is 1. The lowest BCUT2D eigenvalue weighted by molar-refractivity contribution is 0.360. The second kappa shape index (κ2) is 5.97. The van der Waals surface area contributed by atoms with E-state index in [1.54, 1.807) is 0 Å². The Morgan fingerprint density at radius 2 is 2.50 bits per heavy atom. The summed E-state index contributed by atoms with van der Waals surface area (Å²) in [6, 6.07) is 2.10. The molecule has 1 saturated heterocycles. The highest BCUT2D eigenvalue weighted by atomic mass is 14.9. The summed E-state index contributed by atoms with van der Waals surface area (Å²) >= 11 is 0. The Kier molecular flexibility index (Phi) is 4.31. The van der Waals surface area contributed by atoms with Gasteiger partial charge >= 0.3 is 0 Å². The van der Waals surface area contributed by atoms with Gasteiger partial charge in [-0.15, -0.1) is 0 Å². The van der Waals surface area contributed by atoms with Crippen molar-refractivity contribution in [1.82, 2.24) is 15.6 Å². The molecule has 0 spiro atoms. The predicted molar refractivity (Wildman–Crippen MR) is 66.3 cm³/mol. The van der Waals surface area contributed by atoms with Crippen LogP contribution in [0.3, 0.4) is 0 Å². The quantitative estimate of drug-likeness (QED) is 0.805. The molecule has 2 N–H and O–H groups in total. The summed E-state index contributed by atoms with van der Waals surface area (Å²) in [4.78, 5) is 4.11. The second-order valence-electron chi connectivity index (χ2n) is 4.65. The Labute approximate surface area is 97.7 Å². The highest BCUT2D eigenvalue weighted by molar-refractivity contribution is 5.21. The lowest BCUT2D eigenvalue weighted by atomic mass is 9.99. The molecule has 1 aliphatic rings. The van der Waals surface area contributed by atoms with Gasteiger partial charge in [0.2, 0.25) is 0 Å². The molecular formula is C13H21N3. The number of nitrogens with zero attached hydrogens (tertiary/aromatic N) is 1. The van der Waals surface area contributed by atoms with Crippen molar-refractivity contribution in [2.45, 2.75) is 26.3 Å². The molecule has 0 aromatic carbocycles. The first-order chi connectivity index (χ1) is 7.86. The van der Waals surface area contributed by atoms with E-state index in [1.807, 2.05) is 12.4 Å². The van der Waals surface area contributed by atoms with Crippen LogP contribution >= 0.6 is 0 Å². The Bertz CT molecular complexity index is 319. The molecule has 1 aromatic heterocycles. The molecule has 1 aromatic rings. The van der Waals surface area contributed by atoms with Crippen LogP contribution in [-0.2, 0) is 6.54 Å². The molecule has 2 rings (SSSR count). The highest BCUT2D eigenvalue weighted by Crippen LogP contribution is 2.09. The zero-order valence-corrected chi connectivity index (χ0v) is 10.00. The molecule has 0 aliphatic carbocycles. The molecule has 88 valence electrons. The largest absolute Gasteiger partial charge is 0.316 e. The van der Waals surface area contributed by atoms with E-state index in [0.717, 1.165) is 19.0 Å². The van der Waals surface area contributed by atoms with E-state index in [2.05, 4.69) is 28.6 Å². The molecule has 1 aliphatic heterocycles. The van der Waals surface area contributed by atoms with Gasteiger partial charge in [-0.3, -0.25) is 4.98 Å². The molecule has 1 unspecified atom stereocenters. The van der Waals surface area contributed by atoms with Gasteiger partial charge < -0.3 is 10.6 Å². The van der Waals surface area contributed by atoms with E-state index in [1.165, 1.54) is 37.1 Å². The minimum atomic E-state index is 0.802. The van der Waals surface area contributed by atoms with Crippen LogP contribution in [-0.4, -0.2) is 24.6 Å². The standard InChI is InChI=1S/C13H21N3/c1-11-7-15-6-4-13(11)10-16-9-12-3-2-5-14-8-12/h4,6-7,12,14,16H,2-3,5,8-10H2,1H3. The zero-order chi connectivity index (χ0) is 11.2. The van der Waals surface area contributed by atoms with Gasteiger partial charge in [0.1, 0.15) is 0 Å². The molecule has 1 atom stereocenters. The molecule has 2 heterocycles. The number of hydrogen-bond donors (Lipinski definition) is 2. The van der Waals surface area contributed by atoms with Crippen molar-refractivity contribution in [3.63, 3.8) is 0 Å². The van der Waals surface area contributed by atoms with Crippen LogP contribution in [0.4, 0.5) is 0 Å². The third-order valence-electron chi connectivity index (χ3n) is 3.28. The van der Waals surface area contributed by atoms with Crippen molar-refractivity contribution in [3.05, 3.63) is 29.6 Å². The van der Waals surface area contributed by atoms with Gasteiger partial charge in [-0.1, -0.05) is 0 Å². The molecule has 1 fully saturated rings. The molecule has 0 bridgehead atoms. The third kappa shape index (κ3) is 3.29. The molecule has 3 nitrogen and oxygen atoms in total. The number of pyridine rings is 1. The summed E-state index contributed by atoms with van der Waals surface area (Å²) in [6.07, 6.45) is 6.47. The Hall–Kier alpha value is -0.930. The lowest BCUT2D eigenvalue weighted by Gasteiger charge is -2.23. The SMILES string of the molecule is Cc1cnccc1CNCC1CCCNC1.